The summed E-state index contributed by atoms with van der Waals surface area (Å²) in [5, 5.41) is 3.57. The van der Waals surface area contributed by atoms with Gasteiger partial charge in [-0.15, -0.1) is 0 Å². The van der Waals surface area contributed by atoms with Gasteiger partial charge in [-0.1, -0.05) is 12.1 Å². The highest BCUT2D eigenvalue weighted by Gasteiger charge is 2.15. The molecule has 0 amide bonds. The lowest BCUT2D eigenvalue weighted by Gasteiger charge is -2.22. The Kier molecular flexibility index (Phi) is 5.68. The van der Waals surface area contributed by atoms with E-state index in [-0.39, 0.29) is 0 Å². The van der Waals surface area contributed by atoms with Gasteiger partial charge in [0.15, 0.2) is 11.5 Å². The molecule has 4 heteroatoms. The van der Waals surface area contributed by atoms with Crippen molar-refractivity contribution in [1.29, 1.82) is 0 Å². The average molecular weight is 278 g/mol. The fourth-order valence-corrected chi connectivity index (χ4v) is 2.79. The van der Waals surface area contributed by atoms with Crippen LogP contribution in [0, 0.1) is 0 Å². The molecule has 112 valence electrons. The molecule has 0 aromatic heterocycles. The molecule has 0 saturated carbocycles. The largest absolute Gasteiger partial charge is 0.493 e. The number of nitrogens with one attached hydrogen (secondary N) is 1. The SMILES string of the molecule is COc1cccc(CNC(C)CN2CCCC2)c1OC. The Morgan fingerprint density at radius 2 is 1.95 bits per heavy atom. The monoisotopic (exact) mass is 278 g/mol. The second-order valence-electron chi connectivity index (χ2n) is 5.44. The van der Waals surface area contributed by atoms with E-state index in [1.807, 2.05) is 12.1 Å². The van der Waals surface area contributed by atoms with Crippen LogP contribution in [0.25, 0.3) is 0 Å². The molecule has 0 aliphatic carbocycles. The number of para-hydroxylation sites is 1. The van der Waals surface area contributed by atoms with Crippen molar-refractivity contribution in [3.63, 3.8) is 0 Å². The molecule has 1 aliphatic heterocycles. The smallest absolute Gasteiger partial charge is 0.165 e. The van der Waals surface area contributed by atoms with E-state index in [0.717, 1.165) is 30.2 Å². The third-order valence-electron chi connectivity index (χ3n) is 3.86. The highest BCUT2D eigenvalue weighted by molar-refractivity contribution is 5.46. The topological polar surface area (TPSA) is 33.7 Å². The van der Waals surface area contributed by atoms with Gasteiger partial charge in [-0.05, 0) is 38.9 Å². The molecule has 1 unspecified atom stereocenters. The van der Waals surface area contributed by atoms with Crippen LogP contribution in [0.1, 0.15) is 25.3 Å². The molecule has 1 aromatic rings. The lowest BCUT2D eigenvalue weighted by atomic mass is 10.1. The molecule has 0 bridgehead atoms. The predicted molar refractivity (Wildman–Crippen MR) is 81.5 cm³/mol. The number of methoxy groups -OCH3 is 2. The second kappa shape index (κ2) is 7.50. The standard InChI is InChI=1S/C16H26N2O2/c1-13(12-18-9-4-5-10-18)17-11-14-7-6-8-15(19-2)16(14)20-3/h6-8,13,17H,4-5,9-12H2,1-3H3. The summed E-state index contributed by atoms with van der Waals surface area (Å²) < 4.78 is 10.8. The van der Waals surface area contributed by atoms with E-state index < -0.39 is 0 Å². The number of benzene rings is 1. The van der Waals surface area contributed by atoms with E-state index in [2.05, 4.69) is 23.2 Å². The fourth-order valence-electron chi connectivity index (χ4n) is 2.79. The molecule has 0 radical (unpaired) electrons. The minimum Gasteiger partial charge on any atom is -0.493 e. The summed E-state index contributed by atoms with van der Waals surface area (Å²) in [6, 6.07) is 6.49. The molecule has 1 N–H and O–H groups in total. The fraction of sp³-hybridized carbons (Fsp3) is 0.625. The molecule has 2 rings (SSSR count). The highest BCUT2D eigenvalue weighted by atomic mass is 16.5. The normalized spacial score (nSPS) is 17.1. The minimum atomic E-state index is 0.476. The van der Waals surface area contributed by atoms with Crippen LogP contribution in [0.3, 0.4) is 0 Å². The maximum atomic E-state index is 5.46. The van der Waals surface area contributed by atoms with E-state index in [9.17, 15) is 0 Å². The number of nitrogens with zero attached hydrogens (tertiary/aromatic N) is 1. The van der Waals surface area contributed by atoms with Crippen molar-refractivity contribution < 1.29 is 9.47 Å². The Morgan fingerprint density at radius 3 is 2.60 bits per heavy atom. The molecule has 1 saturated heterocycles. The minimum absolute atomic E-state index is 0.476. The van der Waals surface area contributed by atoms with Crippen LogP contribution < -0.4 is 14.8 Å². The van der Waals surface area contributed by atoms with E-state index in [1.165, 1.54) is 25.9 Å². The van der Waals surface area contributed by atoms with Gasteiger partial charge in [-0.2, -0.15) is 0 Å². The Balaban J connectivity index is 1.89. The summed E-state index contributed by atoms with van der Waals surface area (Å²) in [7, 11) is 3.36. The molecule has 0 spiro atoms. The van der Waals surface area contributed by atoms with E-state index >= 15 is 0 Å². The van der Waals surface area contributed by atoms with Gasteiger partial charge in [0.1, 0.15) is 0 Å². The first kappa shape index (κ1) is 15.1. The van der Waals surface area contributed by atoms with Crippen molar-refractivity contribution in [3.05, 3.63) is 23.8 Å². The molecule has 4 nitrogen and oxygen atoms in total. The van der Waals surface area contributed by atoms with E-state index in [4.69, 9.17) is 9.47 Å². The molecule has 1 heterocycles. The Morgan fingerprint density at radius 1 is 1.20 bits per heavy atom. The van der Waals surface area contributed by atoms with Crippen LogP contribution in [-0.2, 0) is 6.54 Å². The van der Waals surface area contributed by atoms with Crippen LogP contribution in [0.4, 0.5) is 0 Å². The van der Waals surface area contributed by atoms with Gasteiger partial charge in [0, 0.05) is 24.7 Å². The molecular weight excluding hydrogens is 252 g/mol. The van der Waals surface area contributed by atoms with Gasteiger partial charge in [-0.25, -0.2) is 0 Å². The van der Waals surface area contributed by atoms with Crippen molar-refractivity contribution in [2.75, 3.05) is 33.9 Å². The maximum absolute atomic E-state index is 5.46. The summed E-state index contributed by atoms with van der Waals surface area (Å²) in [6.45, 7) is 6.65. The zero-order valence-electron chi connectivity index (χ0n) is 12.8. The Hall–Kier alpha value is -1.26. The molecule has 1 aliphatic rings. The van der Waals surface area contributed by atoms with Crippen LogP contribution in [0.2, 0.25) is 0 Å². The summed E-state index contributed by atoms with van der Waals surface area (Å²) >= 11 is 0. The summed E-state index contributed by atoms with van der Waals surface area (Å²) in [4.78, 5) is 2.53. The summed E-state index contributed by atoms with van der Waals surface area (Å²) in [5.41, 5.74) is 1.14. The lowest BCUT2D eigenvalue weighted by Crippen LogP contribution is -2.37. The van der Waals surface area contributed by atoms with Crippen LogP contribution in [-0.4, -0.2) is 44.8 Å². The summed E-state index contributed by atoms with van der Waals surface area (Å²) in [6.07, 6.45) is 2.69. The molecular formula is C16H26N2O2. The van der Waals surface area contributed by atoms with Crippen LogP contribution in [0.5, 0.6) is 11.5 Å². The predicted octanol–water partition coefficient (Wildman–Crippen LogP) is 2.28. The first-order valence-corrected chi connectivity index (χ1v) is 7.40. The van der Waals surface area contributed by atoms with Crippen molar-refractivity contribution in [2.45, 2.75) is 32.4 Å². The van der Waals surface area contributed by atoms with Crippen molar-refractivity contribution in [3.8, 4) is 11.5 Å². The molecule has 1 atom stereocenters. The summed E-state index contributed by atoms with van der Waals surface area (Å²) in [5.74, 6) is 1.62. The van der Waals surface area contributed by atoms with E-state index in [0.29, 0.717) is 6.04 Å². The van der Waals surface area contributed by atoms with Crippen LogP contribution in [0.15, 0.2) is 18.2 Å². The van der Waals surface area contributed by atoms with Gasteiger partial charge in [0.05, 0.1) is 14.2 Å². The quantitative estimate of drug-likeness (QED) is 0.829. The van der Waals surface area contributed by atoms with E-state index in [1.54, 1.807) is 14.2 Å². The number of likely N-dealkylation sites (tertiary alicyclic amines) is 1. The number of ether oxygens (including phenoxy) is 2. The van der Waals surface area contributed by atoms with Gasteiger partial charge < -0.3 is 19.7 Å². The van der Waals surface area contributed by atoms with Gasteiger partial charge in [-0.3, -0.25) is 0 Å². The van der Waals surface area contributed by atoms with Crippen molar-refractivity contribution in [2.24, 2.45) is 0 Å². The van der Waals surface area contributed by atoms with Crippen LogP contribution >= 0.6 is 0 Å². The third-order valence-corrected chi connectivity index (χ3v) is 3.86. The number of rotatable bonds is 7. The Bertz CT molecular complexity index is 417. The first-order valence-electron chi connectivity index (χ1n) is 7.40. The second-order valence-corrected chi connectivity index (χ2v) is 5.44. The van der Waals surface area contributed by atoms with Gasteiger partial charge in [0.2, 0.25) is 0 Å². The molecule has 1 fully saturated rings. The maximum Gasteiger partial charge on any atom is 0.165 e. The van der Waals surface area contributed by atoms with Crippen molar-refractivity contribution >= 4 is 0 Å². The molecule has 20 heavy (non-hydrogen) atoms. The third kappa shape index (κ3) is 3.87. The lowest BCUT2D eigenvalue weighted by molar-refractivity contribution is 0.296. The number of hydrogen-bond donors (Lipinski definition) is 1. The number of hydrogen-bond acceptors (Lipinski definition) is 4. The zero-order chi connectivity index (χ0) is 14.4. The highest BCUT2D eigenvalue weighted by Crippen LogP contribution is 2.30. The first-order chi connectivity index (χ1) is 9.74. The molecule has 1 aromatic carbocycles. The van der Waals surface area contributed by atoms with Gasteiger partial charge in [0.25, 0.3) is 0 Å². The van der Waals surface area contributed by atoms with Gasteiger partial charge >= 0.3 is 0 Å². The Labute approximate surface area is 122 Å². The zero-order valence-corrected chi connectivity index (χ0v) is 12.8. The average Bonchev–Trinajstić information content (AvgIpc) is 2.97. The van der Waals surface area contributed by atoms with Crippen molar-refractivity contribution in [1.82, 2.24) is 10.2 Å².